The van der Waals surface area contributed by atoms with Gasteiger partial charge in [0.1, 0.15) is 5.69 Å². The molecule has 0 radical (unpaired) electrons. The molecule has 0 aliphatic carbocycles. The first-order valence-electron chi connectivity index (χ1n) is 6.39. The summed E-state index contributed by atoms with van der Waals surface area (Å²) in [7, 11) is 1.92. The highest BCUT2D eigenvalue weighted by Crippen LogP contribution is 2.12. The lowest BCUT2D eigenvalue weighted by atomic mass is 10.3. The van der Waals surface area contributed by atoms with E-state index < -0.39 is 0 Å². The summed E-state index contributed by atoms with van der Waals surface area (Å²) in [6.07, 6.45) is 5.94. The zero-order chi connectivity index (χ0) is 13.0. The Bertz CT molecular complexity index is 498. The van der Waals surface area contributed by atoms with Crippen LogP contribution in [0.1, 0.15) is 31.7 Å². The monoisotopic (exact) mass is 248 g/mol. The third kappa shape index (κ3) is 2.76. The summed E-state index contributed by atoms with van der Waals surface area (Å²) in [6.45, 7) is 6.00. The van der Waals surface area contributed by atoms with Crippen molar-refractivity contribution in [2.75, 3.05) is 6.54 Å². The maximum Gasteiger partial charge on any atom is 0.107 e. The Morgan fingerprint density at radius 2 is 2.11 bits per heavy atom. The average molecular weight is 248 g/mol. The van der Waals surface area contributed by atoms with E-state index in [1.165, 1.54) is 0 Å². The average Bonchev–Trinajstić information content (AvgIpc) is 2.95. The van der Waals surface area contributed by atoms with Crippen molar-refractivity contribution < 1.29 is 0 Å². The molecule has 98 valence electrons. The molecule has 2 aromatic rings. The van der Waals surface area contributed by atoms with E-state index in [-0.39, 0.29) is 0 Å². The summed E-state index contributed by atoms with van der Waals surface area (Å²) in [5.74, 6) is 0. The lowest BCUT2D eigenvalue weighted by Gasteiger charge is -1.98. The first kappa shape index (κ1) is 12.8. The molecule has 2 rings (SSSR count). The van der Waals surface area contributed by atoms with Gasteiger partial charge in [0, 0.05) is 13.6 Å². The molecule has 2 aromatic heterocycles. The van der Waals surface area contributed by atoms with Crippen LogP contribution in [0.2, 0.25) is 0 Å². The highest BCUT2D eigenvalue weighted by atomic mass is 15.4. The Labute approximate surface area is 107 Å². The van der Waals surface area contributed by atoms with Crippen LogP contribution in [0.4, 0.5) is 0 Å². The van der Waals surface area contributed by atoms with Gasteiger partial charge in [0.15, 0.2) is 0 Å². The van der Waals surface area contributed by atoms with Crippen LogP contribution in [0.5, 0.6) is 0 Å². The molecule has 0 saturated heterocycles. The van der Waals surface area contributed by atoms with E-state index >= 15 is 0 Å². The van der Waals surface area contributed by atoms with Crippen LogP contribution in [-0.2, 0) is 20.0 Å². The molecule has 1 N–H and O–H groups in total. The van der Waals surface area contributed by atoms with Crippen LogP contribution in [-0.4, -0.2) is 31.3 Å². The maximum atomic E-state index is 4.40. The van der Waals surface area contributed by atoms with Crippen molar-refractivity contribution in [2.45, 2.75) is 33.2 Å². The highest BCUT2D eigenvalue weighted by molar-refractivity contribution is 5.33. The Kier molecular flexibility index (Phi) is 4.09. The number of nitrogens with zero attached hydrogens (tertiary/aromatic N) is 5. The largest absolute Gasteiger partial charge is 0.311 e. The lowest BCUT2D eigenvalue weighted by Crippen LogP contribution is -2.13. The normalized spacial score (nSPS) is 11.1. The molecule has 0 aliphatic heterocycles. The molecule has 0 atom stereocenters. The predicted molar refractivity (Wildman–Crippen MR) is 69.5 cm³/mol. The summed E-state index contributed by atoms with van der Waals surface area (Å²) >= 11 is 0. The summed E-state index contributed by atoms with van der Waals surface area (Å²) in [5.41, 5.74) is 3.00. The molecular weight excluding hydrogens is 228 g/mol. The minimum atomic E-state index is 0.759. The smallest absolute Gasteiger partial charge is 0.107 e. The predicted octanol–water partition coefficient (Wildman–Crippen LogP) is 1.06. The van der Waals surface area contributed by atoms with Crippen LogP contribution in [0, 0.1) is 0 Å². The van der Waals surface area contributed by atoms with Crippen LogP contribution >= 0.6 is 0 Å². The van der Waals surface area contributed by atoms with Crippen molar-refractivity contribution in [1.82, 2.24) is 30.1 Å². The van der Waals surface area contributed by atoms with Crippen molar-refractivity contribution in [1.29, 1.82) is 0 Å². The molecule has 6 nitrogen and oxygen atoms in total. The molecule has 0 aliphatic rings. The van der Waals surface area contributed by atoms with E-state index in [9.17, 15) is 0 Å². The van der Waals surface area contributed by atoms with Crippen LogP contribution < -0.4 is 5.32 Å². The maximum absolute atomic E-state index is 4.40. The second-order valence-corrected chi connectivity index (χ2v) is 4.32. The molecule has 0 fully saturated rings. The third-order valence-corrected chi connectivity index (χ3v) is 2.74. The van der Waals surface area contributed by atoms with E-state index in [2.05, 4.69) is 34.6 Å². The van der Waals surface area contributed by atoms with Crippen LogP contribution in [0.15, 0.2) is 12.4 Å². The van der Waals surface area contributed by atoms with Gasteiger partial charge in [0.25, 0.3) is 0 Å². The molecule has 2 heterocycles. The standard InChI is InChI=1S/C12H20N6/c1-4-6-13-7-10-8-18(16-14-10)12-9-17(3)15-11(12)5-2/h8-9,13H,4-7H2,1-3H3. The summed E-state index contributed by atoms with van der Waals surface area (Å²) < 4.78 is 3.61. The SMILES string of the molecule is CCCNCc1cn(-c2cn(C)nc2CC)nn1. The second-order valence-electron chi connectivity index (χ2n) is 4.32. The molecule has 0 spiro atoms. The first-order valence-corrected chi connectivity index (χ1v) is 6.39. The number of aromatic nitrogens is 5. The van der Waals surface area contributed by atoms with E-state index in [0.717, 1.165) is 43.0 Å². The van der Waals surface area contributed by atoms with E-state index in [4.69, 9.17) is 0 Å². The zero-order valence-electron chi connectivity index (χ0n) is 11.2. The van der Waals surface area contributed by atoms with Gasteiger partial charge < -0.3 is 5.32 Å². The van der Waals surface area contributed by atoms with Crippen molar-refractivity contribution in [3.05, 3.63) is 23.8 Å². The van der Waals surface area contributed by atoms with Crippen LogP contribution in [0.25, 0.3) is 5.69 Å². The van der Waals surface area contributed by atoms with Crippen LogP contribution in [0.3, 0.4) is 0 Å². The van der Waals surface area contributed by atoms with Gasteiger partial charge in [-0.05, 0) is 19.4 Å². The van der Waals surface area contributed by atoms with Gasteiger partial charge in [-0.15, -0.1) is 5.10 Å². The minimum Gasteiger partial charge on any atom is -0.311 e. The zero-order valence-corrected chi connectivity index (χ0v) is 11.2. The molecule has 0 saturated carbocycles. The van der Waals surface area contributed by atoms with Crippen molar-refractivity contribution >= 4 is 0 Å². The van der Waals surface area contributed by atoms with E-state index in [0.29, 0.717) is 0 Å². The van der Waals surface area contributed by atoms with Gasteiger partial charge in [-0.2, -0.15) is 5.10 Å². The molecular formula is C12H20N6. The fraction of sp³-hybridized carbons (Fsp3) is 0.583. The van der Waals surface area contributed by atoms with Gasteiger partial charge in [-0.3, -0.25) is 4.68 Å². The third-order valence-electron chi connectivity index (χ3n) is 2.74. The molecule has 0 bridgehead atoms. The number of hydrogen-bond donors (Lipinski definition) is 1. The fourth-order valence-electron chi connectivity index (χ4n) is 1.86. The lowest BCUT2D eigenvalue weighted by molar-refractivity contribution is 0.662. The topological polar surface area (TPSA) is 60.6 Å². The minimum absolute atomic E-state index is 0.759. The summed E-state index contributed by atoms with van der Waals surface area (Å²) in [5, 5.41) is 16.0. The molecule has 0 unspecified atom stereocenters. The molecule has 18 heavy (non-hydrogen) atoms. The molecule has 6 heteroatoms. The fourth-order valence-corrected chi connectivity index (χ4v) is 1.86. The highest BCUT2D eigenvalue weighted by Gasteiger charge is 2.10. The van der Waals surface area contributed by atoms with E-state index in [1.54, 1.807) is 4.68 Å². The number of rotatable bonds is 6. The van der Waals surface area contributed by atoms with Crippen molar-refractivity contribution in [2.24, 2.45) is 7.05 Å². The molecule has 0 amide bonds. The Balaban J connectivity index is 2.13. The Morgan fingerprint density at radius 3 is 2.83 bits per heavy atom. The second kappa shape index (κ2) is 5.77. The number of aryl methyl sites for hydroxylation is 2. The first-order chi connectivity index (χ1) is 8.74. The van der Waals surface area contributed by atoms with Gasteiger partial charge in [0.2, 0.25) is 0 Å². The van der Waals surface area contributed by atoms with Crippen molar-refractivity contribution in [3.63, 3.8) is 0 Å². The Hall–Kier alpha value is -1.69. The quantitative estimate of drug-likeness (QED) is 0.777. The summed E-state index contributed by atoms with van der Waals surface area (Å²) in [6, 6.07) is 0. The number of hydrogen-bond acceptors (Lipinski definition) is 4. The van der Waals surface area contributed by atoms with Gasteiger partial charge in [-0.25, -0.2) is 4.68 Å². The van der Waals surface area contributed by atoms with Gasteiger partial charge in [-0.1, -0.05) is 19.1 Å². The van der Waals surface area contributed by atoms with Crippen molar-refractivity contribution in [3.8, 4) is 5.69 Å². The Morgan fingerprint density at radius 1 is 1.28 bits per heavy atom. The molecule has 0 aromatic carbocycles. The van der Waals surface area contributed by atoms with Gasteiger partial charge >= 0.3 is 0 Å². The van der Waals surface area contributed by atoms with Gasteiger partial charge in [0.05, 0.1) is 23.8 Å². The summed E-state index contributed by atoms with van der Waals surface area (Å²) in [4.78, 5) is 0. The number of nitrogens with one attached hydrogen (secondary N) is 1. The van der Waals surface area contributed by atoms with E-state index in [1.807, 2.05) is 24.1 Å².